The molecule has 1 spiro atoms. The van der Waals surface area contributed by atoms with Crippen LogP contribution in [0.3, 0.4) is 0 Å². The lowest BCUT2D eigenvalue weighted by Crippen LogP contribution is -2.39. The number of fused-ring (bicyclic) bond motifs is 8. The molecule has 1 aliphatic carbocycles. The maximum Gasteiger partial charge on any atom is 0.135 e. The number of benzene rings is 5. The molecule has 0 amide bonds. The van der Waals surface area contributed by atoms with Crippen LogP contribution in [0.4, 0.5) is 5.69 Å². The summed E-state index contributed by atoms with van der Waals surface area (Å²) in [5.41, 5.74) is 19.6. The Kier molecular flexibility index (Phi) is 6.66. The molecular weight excluding hydrogens is 589 g/mol. The highest BCUT2D eigenvalue weighted by Gasteiger charge is 2.52. The van der Waals surface area contributed by atoms with E-state index < -0.39 is 5.41 Å². The van der Waals surface area contributed by atoms with Gasteiger partial charge in [0, 0.05) is 42.5 Å². The zero-order valence-corrected chi connectivity index (χ0v) is 26.2. The van der Waals surface area contributed by atoms with Crippen molar-refractivity contribution < 1.29 is 4.74 Å². The first kappa shape index (κ1) is 28.2. The molecule has 1 aromatic heterocycles. The summed E-state index contributed by atoms with van der Waals surface area (Å²) < 4.78 is 6.49. The van der Waals surface area contributed by atoms with Crippen molar-refractivity contribution in [3.63, 3.8) is 0 Å². The van der Waals surface area contributed by atoms with E-state index >= 15 is 0 Å². The number of nitrogens with two attached hydrogens (primary N) is 1. The summed E-state index contributed by atoms with van der Waals surface area (Å²) in [6.07, 6.45) is 9.73. The van der Waals surface area contributed by atoms with Crippen LogP contribution in [0, 0.1) is 0 Å². The third kappa shape index (κ3) is 4.36. The maximum absolute atomic E-state index is 6.70. The van der Waals surface area contributed by atoms with Gasteiger partial charge >= 0.3 is 0 Å². The molecule has 0 fully saturated rings. The van der Waals surface area contributed by atoms with Crippen molar-refractivity contribution in [2.24, 2.45) is 10.7 Å². The van der Waals surface area contributed by atoms with Gasteiger partial charge in [-0.15, -0.1) is 0 Å². The zero-order valence-electron chi connectivity index (χ0n) is 26.2. The molecule has 0 radical (unpaired) electrons. The van der Waals surface area contributed by atoms with Crippen LogP contribution in [0.1, 0.15) is 39.4 Å². The third-order valence-corrected chi connectivity index (χ3v) is 9.83. The highest BCUT2D eigenvalue weighted by atomic mass is 16.5. The normalized spacial score (nSPS) is 17.7. The largest absolute Gasteiger partial charge is 0.457 e. The van der Waals surface area contributed by atoms with Crippen LogP contribution in [0.5, 0.6) is 5.75 Å². The highest BCUT2D eigenvalue weighted by Crippen LogP contribution is 2.60. The molecule has 2 unspecified atom stereocenters. The number of aromatic nitrogens is 1. The Bertz CT molecular complexity index is 2300. The Morgan fingerprint density at radius 2 is 1.58 bits per heavy atom. The third-order valence-electron chi connectivity index (χ3n) is 9.83. The molecule has 0 bridgehead atoms. The standard InChI is InChI=1S/C43H32N4O/c44-42(29-10-2-1-3-11-29)34-14-5-7-16-39(34)47-25-28-9-8-12-30(23-28)31-17-18-33-32-13-4-6-15-35(32)43(36(33)24-31)37-26-45-21-19-40(37)48-41-20-22-46-27-38(41)43/h1-26,42,46H,27,44H2/b47-25+. The van der Waals surface area contributed by atoms with Crippen LogP contribution in [-0.2, 0) is 5.41 Å². The molecule has 3 aliphatic rings. The zero-order chi connectivity index (χ0) is 32.1. The second kappa shape index (κ2) is 11.3. The lowest BCUT2D eigenvalue weighted by atomic mass is 9.65. The van der Waals surface area contributed by atoms with E-state index in [9.17, 15) is 0 Å². The summed E-state index contributed by atoms with van der Waals surface area (Å²) in [5, 5.41) is 3.47. The van der Waals surface area contributed by atoms with Gasteiger partial charge in [-0.3, -0.25) is 9.98 Å². The van der Waals surface area contributed by atoms with Gasteiger partial charge < -0.3 is 15.8 Å². The number of allylic oxidation sites excluding steroid dienone is 1. The summed E-state index contributed by atoms with van der Waals surface area (Å²) in [6.45, 7) is 0.680. The monoisotopic (exact) mass is 620 g/mol. The van der Waals surface area contributed by atoms with E-state index in [2.05, 4.69) is 95.2 Å². The van der Waals surface area contributed by atoms with Gasteiger partial charge in [0.1, 0.15) is 11.5 Å². The quantitative estimate of drug-likeness (QED) is 0.189. The first-order valence-corrected chi connectivity index (χ1v) is 16.3. The molecule has 9 rings (SSSR count). The molecule has 0 saturated carbocycles. The van der Waals surface area contributed by atoms with Crippen LogP contribution in [0.15, 0.2) is 168 Å². The fourth-order valence-corrected chi connectivity index (χ4v) is 7.65. The van der Waals surface area contributed by atoms with Crippen LogP contribution in [0.25, 0.3) is 22.3 Å². The summed E-state index contributed by atoms with van der Waals surface area (Å²) in [4.78, 5) is 9.54. The molecule has 3 N–H and O–H groups in total. The number of nitrogens with one attached hydrogen (secondary N) is 1. The van der Waals surface area contributed by atoms with Crippen molar-refractivity contribution in [1.82, 2.24) is 10.3 Å². The first-order chi connectivity index (χ1) is 23.7. The van der Waals surface area contributed by atoms with Gasteiger partial charge in [0.15, 0.2) is 0 Å². The van der Waals surface area contributed by atoms with E-state index in [0.717, 1.165) is 50.6 Å². The van der Waals surface area contributed by atoms with Gasteiger partial charge in [0.2, 0.25) is 0 Å². The second-order valence-corrected chi connectivity index (χ2v) is 12.4. The minimum absolute atomic E-state index is 0.259. The van der Waals surface area contributed by atoms with Gasteiger partial charge in [-0.05, 0) is 80.4 Å². The average Bonchev–Trinajstić information content (AvgIpc) is 3.44. The van der Waals surface area contributed by atoms with E-state index in [1.54, 1.807) is 0 Å². The number of pyridine rings is 1. The van der Waals surface area contributed by atoms with Crippen LogP contribution < -0.4 is 15.8 Å². The van der Waals surface area contributed by atoms with Gasteiger partial charge in [0.25, 0.3) is 0 Å². The van der Waals surface area contributed by atoms with Crippen molar-refractivity contribution >= 4 is 11.9 Å². The van der Waals surface area contributed by atoms with E-state index in [4.69, 9.17) is 15.5 Å². The van der Waals surface area contributed by atoms with Crippen molar-refractivity contribution in [1.29, 1.82) is 0 Å². The second-order valence-electron chi connectivity index (χ2n) is 12.4. The smallest absolute Gasteiger partial charge is 0.135 e. The minimum atomic E-state index is -0.531. The number of para-hydroxylation sites is 1. The summed E-state index contributed by atoms with van der Waals surface area (Å²) in [7, 11) is 0. The number of rotatable bonds is 5. The fourth-order valence-electron chi connectivity index (χ4n) is 7.65. The van der Waals surface area contributed by atoms with Crippen molar-refractivity contribution in [3.8, 4) is 28.0 Å². The number of hydrogen-bond acceptors (Lipinski definition) is 5. The number of ether oxygens (including phenoxy) is 1. The Morgan fingerprint density at radius 1 is 0.771 bits per heavy atom. The van der Waals surface area contributed by atoms with Crippen LogP contribution in [-0.4, -0.2) is 17.7 Å². The van der Waals surface area contributed by atoms with Crippen molar-refractivity contribution in [2.75, 3.05) is 6.54 Å². The van der Waals surface area contributed by atoms with Gasteiger partial charge in [-0.1, -0.05) is 103 Å². The van der Waals surface area contributed by atoms with E-state index in [1.807, 2.05) is 73.3 Å². The first-order valence-electron chi connectivity index (χ1n) is 16.3. The molecule has 5 heteroatoms. The molecule has 2 atom stereocenters. The molecular formula is C43H32N4O. The predicted molar refractivity (Wildman–Crippen MR) is 192 cm³/mol. The van der Waals surface area contributed by atoms with Gasteiger partial charge in [-0.2, -0.15) is 0 Å². The Labute approximate surface area is 279 Å². The molecule has 5 nitrogen and oxygen atoms in total. The fraction of sp³-hybridized carbons (Fsp3) is 0.0698. The molecule has 2 aliphatic heterocycles. The Balaban J connectivity index is 1.14. The molecule has 230 valence electrons. The molecule has 3 heterocycles. The van der Waals surface area contributed by atoms with Gasteiger partial charge in [0.05, 0.1) is 17.1 Å². The number of nitrogens with zero attached hydrogens (tertiary/aromatic N) is 2. The lowest BCUT2D eigenvalue weighted by Gasteiger charge is -2.41. The van der Waals surface area contributed by atoms with Crippen molar-refractivity contribution in [2.45, 2.75) is 11.5 Å². The van der Waals surface area contributed by atoms with Crippen LogP contribution in [0.2, 0.25) is 0 Å². The lowest BCUT2D eigenvalue weighted by molar-refractivity contribution is 0.389. The highest BCUT2D eigenvalue weighted by molar-refractivity contribution is 5.90. The summed E-state index contributed by atoms with van der Waals surface area (Å²) >= 11 is 0. The molecule has 0 saturated heterocycles. The SMILES string of the molecule is NC(c1ccccc1)c1ccccc1/N=C/c1cccc(-c2ccc3c(c2)C2(C4=C(C=CNC4)Oc4ccncc42)c2ccccc2-3)c1. The Morgan fingerprint density at radius 3 is 2.52 bits per heavy atom. The number of aliphatic imine (C=N–C) groups is 1. The van der Waals surface area contributed by atoms with Crippen LogP contribution >= 0.6 is 0 Å². The maximum atomic E-state index is 6.70. The van der Waals surface area contributed by atoms with E-state index in [0.29, 0.717) is 6.54 Å². The van der Waals surface area contributed by atoms with Crippen molar-refractivity contribution in [3.05, 3.63) is 197 Å². The summed E-state index contributed by atoms with van der Waals surface area (Å²) in [5.74, 6) is 1.74. The number of hydrogen-bond donors (Lipinski definition) is 2. The topological polar surface area (TPSA) is 72.5 Å². The molecule has 6 aromatic rings. The Hall–Kier alpha value is -6.04. The summed E-state index contributed by atoms with van der Waals surface area (Å²) in [6, 6.07) is 44.2. The molecule has 5 aromatic carbocycles. The van der Waals surface area contributed by atoms with E-state index in [1.165, 1.54) is 27.8 Å². The minimum Gasteiger partial charge on any atom is -0.457 e. The molecule has 48 heavy (non-hydrogen) atoms. The average molecular weight is 621 g/mol. The van der Waals surface area contributed by atoms with E-state index in [-0.39, 0.29) is 6.04 Å². The number of dihydropyridines is 1. The predicted octanol–water partition coefficient (Wildman–Crippen LogP) is 8.63. The van der Waals surface area contributed by atoms with Gasteiger partial charge in [-0.25, -0.2) is 0 Å².